The zero-order chi connectivity index (χ0) is 17.8. The molecule has 0 radical (unpaired) electrons. The van der Waals surface area contributed by atoms with Crippen molar-refractivity contribution in [3.05, 3.63) is 51.9 Å². The van der Waals surface area contributed by atoms with Crippen molar-refractivity contribution in [3.63, 3.8) is 0 Å². The van der Waals surface area contributed by atoms with Crippen molar-refractivity contribution in [2.45, 2.75) is 31.0 Å². The first-order valence-electron chi connectivity index (χ1n) is 8.19. The topological polar surface area (TPSA) is 73.2 Å². The number of nitrogens with zero attached hydrogens (tertiary/aromatic N) is 2. The molecular formula is C18H21N3O3S. The first-order chi connectivity index (χ1) is 12.1. The number of hydrogen-bond donors (Lipinski definition) is 1. The van der Waals surface area contributed by atoms with Gasteiger partial charge in [-0.15, -0.1) is 0 Å². The minimum Gasteiger partial charge on any atom is -0.496 e. The van der Waals surface area contributed by atoms with Crippen molar-refractivity contribution in [1.29, 1.82) is 0 Å². The SMILES string of the molecule is COc1ccccc1CCNC(=O)CC1CSc2ncc(C)c(=O)n21. The van der Waals surface area contributed by atoms with Gasteiger partial charge in [-0.25, -0.2) is 4.98 Å². The van der Waals surface area contributed by atoms with Gasteiger partial charge in [0.2, 0.25) is 5.91 Å². The third kappa shape index (κ3) is 3.87. The Morgan fingerprint density at radius 3 is 3.04 bits per heavy atom. The Bertz CT molecular complexity index is 835. The molecule has 0 saturated heterocycles. The number of aromatic nitrogens is 2. The number of benzene rings is 1. The molecule has 1 amide bonds. The molecule has 0 saturated carbocycles. The predicted octanol–water partition coefficient (Wildman–Crippen LogP) is 1.96. The fraction of sp³-hybridized carbons (Fsp3) is 0.389. The Kier molecular flexibility index (Phi) is 5.43. The molecule has 0 aliphatic carbocycles. The van der Waals surface area contributed by atoms with Crippen LogP contribution in [0.4, 0.5) is 0 Å². The van der Waals surface area contributed by atoms with Gasteiger partial charge < -0.3 is 10.1 Å². The first kappa shape index (κ1) is 17.5. The van der Waals surface area contributed by atoms with Crippen LogP contribution in [0.25, 0.3) is 0 Å². The maximum absolute atomic E-state index is 12.3. The quantitative estimate of drug-likeness (QED) is 0.798. The first-order valence-corrected chi connectivity index (χ1v) is 9.18. The van der Waals surface area contributed by atoms with Gasteiger partial charge in [-0.2, -0.15) is 0 Å². The van der Waals surface area contributed by atoms with Crippen molar-refractivity contribution in [2.24, 2.45) is 0 Å². The molecule has 132 valence electrons. The summed E-state index contributed by atoms with van der Waals surface area (Å²) in [5, 5.41) is 3.63. The highest BCUT2D eigenvalue weighted by molar-refractivity contribution is 7.99. The van der Waals surface area contributed by atoms with Crippen LogP contribution >= 0.6 is 11.8 Å². The number of methoxy groups -OCH3 is 1. The molecule has 1 aromatic heterocycles. The summed E-state index contributed by atoms with van der Waals surface area (Å²) in [7, 11) is 1.64. The summed E-state index contributed by atoms with van der Waals surface area (Å²) in [6.07, 6.45) is 2.58. The van der Waals surface area contributed by atoms with E-state index in [0.29, 0.717) is 29.4 Å². The fourth-order valence-corrected chi connectivity index (χ4v) is 4.01. The van der Waals surface area contributed by atoms with E-state index in [0.717, 1.165) is 11.3 Å². The molecule has 2 heterocycles. The molecule has 0 fully saturated rings. The summed E-state index contributed by atoms with van der Waals surface area (Å²) < 4.78 is 6.97. The van der Waals surface area contributed by atoms with E-state index in [1.54, 1.807) is 24.8 Å². The Morgan fingerprint density at radius 2 is 2.24 bits per heavy atom. The van der Waals surface area contributed by atoms with Gasteiger partial charge in [0.15, 0.2) is 5.16 Å². The number of carbonyl (C=O) groups is 1. The number of aryl methyl sites for hydroxylation is 1. The van der Waals surface area contributed by atoms with Crippen molar-refractivity contribution >= 4 is 17.7 Å². The number of nitrogens with one attached hydrogen (secondary N) is 1. The van der Waals surface area contributed by atoms with Crippen LogP contribution in [0.1, 0.15) is 23.6 Å². The minimum atomic E-state index is -0.133. The maximum Gasteiger partial charge on any atom is 0.257 e. The van der Waals surface area contributed by atoms with Gasteiger partial charge in [-0.1, -0.05) is 30.0 Å². The van der Waals surface area contributed by atoms with E-state index < -0.39 is 0 Å². The van der Waals surface area contributed by atoms with Crippen LogP contribution in [0.5, 0.6) is 5.75 Å². The van der Waals surface area contributed by atoms with Gasteiger partial charge in [0, 0.05) is 30.5 Å². The lowest BCUT2D eigenvalue weighted by atomic mass is 10.1. The number of carbonyl (C=O) groups excluding carboxylic acids is 1. The fourth-order valence-electron chi connectivity index (χ4n) is 2.90. The van der Waals surface area contributed by atoms with E-state index >= 15 is 0 Å². The second-order valence-electron chi connectivity index (χ2n) is 5.98. The zero-order valence-electron chi connectivity index (χ0n) is 14.3. The molecule has 25 heavy (non-hydrogen) atoms. The maximum atomic E-state index is 12.3. The number of fused-ring (bicyclic) bond motifs is 1. The lowest BCUT2D eigenvalue weighted by Crippen LogP contribution is -2.32. The molecule has 1 aliphatic rings. The third-order valence-electron chi connectivity index (χ3n) is 4.23. The van der Waals surface area contributed by atoms with Crippen molar-refractivity contribution < 1.29 is 9.53 Å². The second-order valence-corrected chi connectivity index (χ2v) is 6.97. The Labute approximate surface area is 150 Å². The standard InChI is InChI=1S/C18H21N3O3S/c1-12-10-20-18-21(17(12)23)14(11-25-18)9-16(22)19-8-7-13-5-3-4-6-15(13)24-2/h3-6,10,14H,7-9,11H2,1-2H3,(H,19,22). The van der Waals surface area contributed by atoms with Crippen LogP contribution in [-0.4, -0.2) is 34.9 Å². The average Bonchev–Trinajstić information content (AvgIpc) is 3.02. The molecular weight excluding hydrogens is 338 g/mol. The van der Waals surface area contributed by atoms with Crippen LogP contribution in [0.15, 0.2) is 40.4 Å². The average molecular weight is 359 g/mol. The predicted molar refractivity (Wildman–Crippen MR) is 97.3 cm³/mol. The molecule has 6 nitrogen and oxygen atoms in total. The minimum absolute atomic E-state index is 0.0539. The highest BCUT2D eigenvalue weighted by atomic mass is 32.2. The molecule has 0 spiro atoms. The Balaban J connectivity index is 1.56. The van der Waals surface area contributed by atoms with Crippen LogP contribution < -0.4 is 15.6 Å². The van der Waals surface area contributed by atoms with Crippen LogP contribution in [-0.2, 0) is 11.2 Å². The molecule has 1 atom stereocenters. The smallest absolute Gasteiger partial charge is 0.257 e. The van der Waals surface area contributed by atoms with Crippen LogP contribution in [0.2, 0.25) is 0 Å². The molecule has 1 N–H and O–H groups in total. The van der Waals surface area contributed by atoms with Crippen molar-refractivity contribution in [3.8, 4) is 5.75 Å². The number of ether oxygens (including phenoxy) is 1. The van der Waals surface area contributed by atoms with Gasteiger partial charge in [0.05, 0.1) is 13.2 Å². The van der Waals surface area contributed by atoms with Gasteiger partial charge in [-0.3, -0.25) is 14.2 Å². The second kappa shape index (κ2) is 7.74. The number of thioether (sulfide) groups is 1. The molecule has 3 rings (SSSR count). The van der Waals surface area contributed by atoms with Crippen molar-refractivity contribution in [1.82, 2.24) is 14.9 Å². The lowest BCUT2D eigenvalue weighted by Gasteiger charge is -2.14. The molecule has 7 heteroatoms. The Morgan fingerprint density at radius 1 is 1.44 bits per heavy atom. The van der Waals surface area contributed by atoms with E-state index in [2.05, 4.69) is 10.3 Å². The number of hydrogen-bond acceptors (Lipinski definition) is 5. The normalized spacial score (nSPS) is 15.7. The molecule has 1 unspecified atom stereocenters. The van der Waals surface area contributed by atoms with Crippen LogP contribution in [0, 0.1) is 6.92 Å². The van der Waals surface area contributed by atoms with E-state index in [1.807, 2.05) is 24.3 Å². The Hall–Kier alpha value is -2.28. The van der Waals surface area contributed by atoms with E-state index in [-0.39, 0.29) is 23.9 Å². The number of amides is 1. The zero-order valence-corrected chi connectivity index (χ0v) is 15.1. The van der Waals surface area contributed by atoms with Crippen LogP contribution in [0.3, 0.4) is 0 Å². The largest absolute Gasteiger partial charge is 0.496 e. The number of para-hydroxylation sites is 1. The lowest BCUT2D eigenvalue weighted by molar-refractivity contribution is -0.121. The third-order valence-corrected chi connectivity index (χ3v) is 5.34. The van der Waals surface area contributed by atoms with Gasteiger partial charge in [0.1, 0.15) is 5.75 Å². The molecule has 1 aromatic carbocycles. The summed E-state index contributed by atoms with van der Waals surface area (Å²) in [5.41, 5.74) is 1.61. The highest BCUT2D eigenvalue weighted by Gasteiger charge is 2.27. The molecule has 1 aliphatic heterocycles. The van der Waals surface area contributed by atoms with Gasteiger partial charge in [0.25, 0.3) is 5.56 Å². The highest BCUT2D eigenvalue weighted by Crippen LogP contribution is 2.31. The monoisotopic (exact) mass is 359 g/mol. The summed E-state index contributed by atoms with van der Waals surface area (Å²) >= 11 is 1.52. The van der Waals surface area contributed by atoms with E-state index in [9.17, 15) is 9.59 Å². The summed E-state index contributed by atoms with van der Waals surface area (Å²) in [5.74, 6) is 1.47. The van der Waals surface area contributed by atoms with Crippen molar-refractivity contribution in [2.75, 3.05) is 19.4 Å². The number of rotatable bonds is 6. The van der Waals surface area contributed by atoms with E-state index in [1.165, 1.54) is 11.8 Å². The molecule has 2 aromatic rings. The summed E-state index contributed by atoms with van der Waals surface area (Å²) in [6, 6.07) is 7.64. The van der Waals surface area contributed by atoms with Gasteiger partial charge in [-0.05, 0) is 25.0 Å². The molecule has 0 bridgehead atoms. The van der Waals surface area contributed by atoms with E-state index in [4.69, 9.17) is 4.74 Å². The van der Waals surface area contributed by atoms with Gasteiger partial charge >= 0.3 is 0 Å². The summed E-state index contributed by atoms with van der Waals surface area (Å²) in [4.78, 5) is 28.8. The summed E-state index contributed by atoms with van der Waals surface area (Å²) in [6.45, 7) is 2.28.